The number of amides is 1. The van der Waals surface area contributed by atoms with E-state index in [-0.39, 0.29) is 17.2 Å². The molecule has 5 heteroatoms. The Labute approximate surface area is 118 Å². The second-order valence-corrected chi connectivity index (χ2v) is 5.28. The number of hydrogen-bond donors (Lipinski definition) is 2. The van der Waals surface area contributed by atoms with Crippen LogP contribution in [0.1, 0.15) is 59.4 Å². The third kappa shape index (κ3) is 4.05. The van der Waals surface area contributed by atoms with E-state index in [1.54, 1.807) is 0 Å². The first kappa shape index (κ1) is 14.5. The molecule has 0 saturated heterocycles. The fourth-order valence-corrected chi connectivity index (χ4v) is 2.67. The van der Waals surface area contributed by atoms with Crippen molar-refractivity contribution < 1.29 is 14.7 Å². The van der Waals surface area contributed by atoms with Crippen LogP contribution in [0.5, 0.6) is 0 Å². The Kier molecular flexibility index (Phi) is 5.09. The molecule has 2 rings (SSSR count). The summed E-state index contributed by atoms with van der Waals surface area (Å²) in [4.78, 5) is 26.6. The zero-order valence-electron chi connectivity index (χ0n) is 11.5. The summed E-state index contributed by atoms with van der Waals surface area (Å²) in [5.41, 5.74) is 0.238. The van der Waals surface area contributed by atoms with Crippen LogP contribution in [0.4, 0.5) is 0 Å². The molecule has 0 atom stereocenters. The van der Waals surface area contributed by atoms with Crippen LogP contribution in [-0.4, -0.2) is 28.5 Å². The molecule has 0 bridgehead atoms. The molecule has 1 amide bonds. The Morgan fingerprint density at radius 1 is 1.35 bits per heavy atom. The van der Waals surface area contributed by atoms with Gasteiger partial charge in [-0.05, 0) is 30.9 Å². The lowest BCUT2D eigenvalue weighted by molar-refractivity contribution is 0.0696. The van der Waals surface area contributed by atoms with Crippen molar-refractivity contribution in [1.29, 1.82) is 0 Å². The van der Waals surface area contributed by atoms with E-state index in [0.29, 0.717) is 6.54 Å². The second kappa shape index (κ2) is 7.03. The van der Waals surface area contributed by atoms with Crippen molar-refractivity contribution in [2.24, 2.45) is 5.92 Å². The van der Waals surface area contributed by atoms with E-state index in [4.69, 9.17) is 5.11 Å². The van der Waals surface area contributed by atoms with Crippen molar-refractivity contribution in [1.82, 2.24) is 10.3 Å². The monoisotopic (exact) mass is 276 g/mol. The third-order valence-electron chi connectivity index (χ3n) is 3.79. The third-order valence-corrected chi connectivity index (χ3v) is 3.79. The molecular formula is C15H20N2O3. The predicted molar refractivity (Wildman–Crippen MR) is 74.7 cm³/mol. The Bertz CT molecular complexity index is 482. The summed E-state index contributed by atoms with van der Waals surface area (Å²) >= 11 is 0. The molecule has 1 aromatic rings. The molecule has 2 N–H and O–H groups in total. The van der Waals surface area contributed by atoms with Gasteiger partial charge in [0.2, 0.25) is 0 Å². The van der Waals surface area contributed by atoms with Gasteiger partial charge in [0.15, 0.2) is 0 Å². The highest BCUT2D eigenvalue weighted by atomic mass is 16.4. The summed E-state index contributed by atoms with van der Waals surface area (Å²) in [5, 5.41) is 11.7. The summed E-state index contributed by atoms with van der Waals surface area (Å²) in [6, 6.07) is 2.67. The highest BCUT2D eigenvalue weighted by molar-refractivity contribution is 5.95. The topological polar surface area (TPSA) is 79.3 Å². The van der Waals surface area contributed by atoms with Gasteiger partial charge in [0.25, 0.3) is 5.91 Å². The maximum atomic E-state index is 11.8. The zero-order valence-corrected chi connectivity index (χ0v) is 11.5. The van der Waals surface area contributed by atoms with Gasteiger partial charge >= 0.3 is 5.97 Å². The maximum absolute atomic E-state index is 11.8. The molecule has 1 aliphatic carbocycles. The smallest absolute Gasteiger partial charge is 0.335 e. The molecule has 1 heterocycles. The van der Waals surface area contributed by atoms with Gasteiger partial charge in [-0.1, -0.05) is 25.7 Å². The van der Waals surface area contributed by atoms with Gasteiger partial charge in [0.1, 0.15) is 5.69 Å². The number of nitrogens with zero attached hydrogens (tertiary/aromatic N) is 1. The molecule has 0 aromatic carbocycles. The van der Waals surface area contributed by atoms with E-state index in [0.717, 1.165) is 18.8 Å². The number of aromatic carboxylic acids is 1. The molecule has 5 nitrogen and oxygen atoms in total. The van der Waals surface area contributed by atoms with E-state index < -0.39 is 5.97 Å². The highest BCUT2D eigenvalue weighted by Gasteiger charge is 2.15. The van der Waals surface area contributed by atoms with Crippen LogP contribution in [0.3, 0.4) is 0 Å². The van der Waals surface area contributed by atoms with Crippen LogP contribution in [0, 0.1) is 5.92 Å². The van der Waals surface area contributed by atoms with Crippen molar-refractivity contribution in [2.75, 3.05) is 6.54 Å². The molecule has 1 aromatic heterocycles. The molecule has 1 fully saturated rings. The molecule has 0 unspecified atom stereocenters. The first-order valence-electron chi connectivity index (χ1n) is 7.14. The zero-order chi connectivity index (χ0) is 14.4. The molecule has 0 spiro atoms. The van der Waals surface area contributed by atoms with Gasteiger partial charge in [0.05, 0.1) is 5.56 Å². The lowest BCUT2D eigenvalue weighted by Gasteiger charge is -2.09. The second-order valence-electron chi connectivity index (χ2n) is 5.28. The Hall–Kier alpha value is -1.91. The predicted octanol–water partition coefficient (Wildman–Crippen LogP) is 2.48. The molecule has 108 valence electrons. The van der Waals surface area contributed by atoms with Crippen molar-refractivity contribution in [3.63, 3.8) is 0 Å². The van der Waals surface area contributed by atoms with Crippen molar-refractivity contribution >= 4 is 11.9 Å². The molecule has 1 saturated carbocycles. The average molecular weight is 276 g/mol. The fourth-order valence-electron chi connectivity index (χ4n) is 2.67. The number of rotatable bonds is 6. The molecule has 0 radical (unpaired) electrons. The quantitative estimate of drug-likeness (QED) is 0.782. The van der Waals surface area contributed by atoms with Crippen molar-refractivity contribution in [3.05, 3.63) is 29.6 Å². The average Bonchev–Trinajstić information content (AvgIpc) is 2.96. The number of carbonyl (C=O) groups excluding carboxylic acids is 1. The number of carboxylic acids is 1. The van der Waals surface area contributed by atoms with Crippen molar-refractivity contribution in [3.8, 4) is 0 Å². The van der Waals surface area contributed by atoms with Crippen LogP contribution in [0.2, 0.25) is 0 Å². The van der Waals surface area contributed by atoms with E-state index in [1.165, 1.54) is 44.0 Å². The number of hydrogen-bond acceptors (Lipinski definition) is 3. The summed E-state index contributed by atoms with van der Waals surface area (Å²) in [5.74, 6) is -0.539. The van der Waals surface area contributed by atoms with Crippen LogP contribution in [-0.2, 0) is 0 Å². The van der Waals surface area contributed by atoms with Gasteiger partial charge in [-0.25, -0.2) is 4.79 Å². The van der Waals surface area contributed by atoms with E-state index in [9.17, 15) is 9.59 Å². The lowest BCUT2D eigenvalue weighted by atomic mass is 10.0. The normalized spacial score (nSPS) is 15.2. The number of carboxylic acid groups (broad SMARTS) is 1. The van der Waals surface area contributed by atoms with Crippen LogP contribution in [0.15, 0.2) is 18.3 Å². The Balaban J connectivity index is 1.76. The number of carbonyl (C=O) groups is 2. The maximum Gasteiger partial charge on any atom is 0.335 e. The summed E-state index contributed by atoms with van der Waals surface area (Å²) in [6.45, 7) is 0.619. The Morgan fingerprint density at radius 3 is 2.80 bits per heavy atom. The lowest BCUT2D eigenvalue weighted by Crippen LogP contribution is -2.26. The van der Waals surface area contributed by atoms with Crippen LogP contribution in [0.25, 0.3) is 0 Å². The van der Waals surface area contributed by atoms with Gasteiger partial charge in [0, 0.05) is 12.7 Å². The first-order valence-corrected chi connectivity index (χ1v) is 7.14. The number of nitrogens with one attached hydrogen (secondary N) is 1. The first-order chi connectivity index (χ1) is 9.66. The van der Waals surface area contributed by atoms with Crippen molar-refractivity contribution in [2.45, 2.75) is 38.5 Å². The minimum atomic E-state index is -1.05. The minimum Gasteiger partial charge on any atom is -0.478 e. The summed E-state index contributed by atoms with van der Waals surface area (Å²) in [7, 11) is 0. The van der Waals surface area contributed by atoms with Crippen LogP contribution < -0.4 is 5.32 Å². The minimum absolute atomic E-state index is 0.0797. The Morgan fingerprint density at radius 2 is 2.10 bits per heavy atom. The molecule has 0 aliphatic heterocycles. The van der Waals surface area contributed by atoms with E-state index in [2.05, 4.69) is 10.3 Å². The largest absolute Gasteiger partial charge is 0.478 e. The van der Waals surface area contributed by atoms with E-state index >= 15 is 0 Å². The molecule has 20 heavy (non-hydrogen) atoms. The molecule has 1 aliphatic rings. The molecular weight excluding hydrogens is 256 g/mol. The highest BCUT2D eigenvalue weighted by Crippen LogP contribution is 2.28. The number of aromatic nitrogens is 1. The fraction of sp³-hybridized carbons (Fsp3) is 0.533. The van der Waals surface area contributed by atoms with Crippen LogP contribution >= 0.6 is 0 Å². The summed E-state index contributed by atoms with van der Waals surface area (Å²) in [6.07, 6.45) is 8.77. The van der Waals surface area contributed by atoms with Gasteiger partial charge < -0.3 is 10.4 Å². The standard InChI is InChI=1S/C15H20N2O3/c18-14(13-10-12(15(19)20)7-9-16-13)17-8-3-6-11-4-1-2-5-11/h7,9-11H,1-6,8H2,(H,17,18)(H,19,20). The van der Waals surface area contributed by atoms with Gasteiger partial charge in [-0.3, -0.25) is 9.78 Å². The van der Waals surface area contributed by atoms with Gasteiger partial charge in [-0.15, -0.1) is 0 Å². The van der Waals surface area contributed by atoms with Gasteiger partial charge in [-0.2, -0.15) is 0 Å². The summed E-state index contributed by atoms with van der Waals surface area (Å²) < 4.78 is 0. The van der Waals surface area contributed by atoms with E-state index in [1.807, 2.05) is 0 Å². The SMILES string of the molecule is O=C(O)c1ccnc(C(=O)NCCCC2CCCC2)c1. The number of pyridine rings is 1.